The molecule has 2 rings (SSSR count). The van der Waals surface area contributed by atoms with E-state index in [9.17, 15) is 0 Å². The molecular weight excluding hydrogens is 128 g/mol. The minimum absolute atomic E-state index is 0.747. The fourth-order valence-corrected chi connectivity index (χ4v) is 0.847. The van der Waals surface area contributed by atoms with Crippen molar-refractivity contribution in [2.45, 2.75) is 25.4 Å². The second-order valence-corrected chi connectivity index (χ2v) is 2.62. The third kappa shape index (κ3) is 1.33. The fourth-order valence-electron chi connectivity index (χ4n) is 0.847. The zero-order chi connectivity index (χ0) is 6.81. The van der Waals surface area contributed by atoms with Crippen molar-refractivity contribution in [3.63, 3.8) is 0 Å². The Morgan fingerprint density at radius 2 is 2.60 bits per heavy atom. The van der Waals surface area contributed by atoms with Gasteiger partial charge in [-0.25, -0.2) is 0 Å². The molecule has 54 valence electrons. The maximum Gasteiger partial charge on any atom is 0.0962 e. The van der Waals surface area contributed by atoms with Crippen LogP contribution in [0.2, 0.25) is 0 Å². The lowest BCUT2D eigenvalue weighted by Crippen LogP contribution is -2.15. The molecule has 1 aromatic heterocycles. The first-order chi connectivity index (χ1) is 4.95. The van der Waals surface area contributed by atoms with E-state index in [1.807, 2.05) is 0 Å². The highest BCUT2D eigenvalue weighted by Gasteiger charge is 2.20. The molecule has 4 nitrogen and oxygen atoms in total. The van der Waals surface area contributed by atoms with Gasteiger partial charge in [-0.15, -0.1) is 0 Å². The summed E-state index contributed by atoms with van der Waals surface area (Å²) in [6.07, 6.45) is 4.38. The summed E-state index contributed by atoms with van der Waals surface area (Å²) in [5, 5.41) is 13.5. The zero-order valence-electron chi connectivity index (χ0n) is 5.67. The van der Waals surface area contributed by atoms with E-state index in [-0.39, 0.29) is 0 Å². The van der Waals surface area contributed by atoms with Crippen LogP contribution in [0.1, 0.15) is 18.5 Å². The van der Waals surface area contributed by atoms with Crippen LogP contribution in [0.5, 0.6) is 0 Å². The Morgan fingerprint density at radius 1 is 1.70 bits per heavy atom. The van der Waals surface area contributed by atoms with Gasteiger partial charge in [-0.3, -0.25) is 0 Å². The van der Waals surface area contributed by atoms with Crippen molar-refractivity contribution in [3.05, 3.63) is 11.9 Å². The van der Waals surface area contributed by atoms with Crippen LogP contribution in [0.3, 0.4) is 0 Å². The van der Waals surface area contributed by atoms with E-state index in [4.69, 9.17) is 0 Å². The highest BCUT2D eigenvalue weighted by molar-refractivity contribution is 4.92. The van der Waals surface area contributed by atoms with E-state index in [0.717, 1.165) is 18.3 Å². The largest absolute Gasteiger partial charge is 0.308 e. The molecular formula is C6H10N4. The van der Waals surface area contributed by atoms with Crippen LogP contribution < -0.4 is 5.32 Å². The number of aromatic nitrogens is 3. The first-order valence-electron chi connectivity index (χ1n) is 3.53. The van der Waals surface area contributed by atoms with Crippen LogP contribution >= 0.6 is 0 Å². The fraction of sp³-hybridized carbons (Fsp3) is 0.667. The minimum Gasteiger partial charge on any atom is -0.308 e. The van der Waals surface area contributed by atoms with Crippen LogP contribution in [0.15, 0.2) is 6.20 Å². The Morgan fingerprint density at radius 3 is 3.20 bits per heavy atom. The van der Waals surface area contributed by atoms with Gasteiger partial charge >= 0.3 is 0 Å². The number of hydrogen-bond donors (Lipinski definition) is 2. The molecule has 0 radical (unpaired) electrons. The van der Waals surface area contributed by atoms with E-state index in [2.05, 4.69) is 20.7 Å². The van der Waals surface area contributed by atoms with Crippen molar-refractivity contribution in [1.82, 2.24) is 20.7 Å². The third-order valence-electron chi connectivity index (χ3n) is 1.61. The molecule has 0 aromatic carbocycles. The normalized spacial score (nSPS) is 17.6. The topological polar surface area (TPSA) is 53.6 Å². The molecule has 0 saturated heterocycles. The van der Waals surface area contributed by atoms with Gasteiger partial charge in [-0.2, -0.15) is 15.4 Å². The van der Waals surface area contributed by atoms with Crippen LogP contribution in [0.25, 0.3) is 0 Å². The van der Waals surface area contributed by atoms with Gasteiger partial charge in [-0.1, -0.05) is 0 Å². The molecule has 0 unspecified atom stereocenters. The second-order valence-electron chi connectivity index (χ2n) is 2.62. The molecule has 0 spiro atoms. The van der Waals surface area contributed by atoms with Crippen molar-refractivity contribution in [2.75, 3.05) is 0 Å². The van der Waals surface area contributed by atoms with E-state index >= 15 is 0 Å². The van der Waals surface area contributed by atoms with Gasteiger partial charge in [-0.05, 0) is 12.8 Å². The standard InChI is InChI=1S/C6H10N4/c1-2-5(1)7-3-6-4-8-10-9-6/h4-5,7H,1-3H2,(H,8,9,10). The second kappa shape index (κ2) is 2.38. The maximum atomic E-state index is 3.92. The van der Waals surface area contributed by atoms with E-state index in [0.29, 0.717) is 0 Å². The quantitative estimate of drug-likeness (QED) is 0.620. The Balaban J connectivity index is 1.79. The SMILES string of the molecule is c1n[nH]nc1CNC1CC1. The van der Waals surface area contributed by atoms with Crippen molar-refractivity contribution in [1.29, 1.82) is 0 Å². The predicted octanol–water partition coefficient (Wildman–Crippen LogP) is 0.0567. The summed E-state index contributed by atoms with van der Waals surface area (Å²) < 4.78 is 0. The molecule has 1 aromatic rings. The van der Waals surface area contributed by atoms with Crippen LogP contribution in [0.4, 0.5) is 0 Å². The first kappa shape index (κ1) is 5.85. The number of nitrogens with one attached hydrogen (secondary N) is 2. The molecule has 1 saturated carbocycles. The van der Waals surface area contributed by atoms with Crippen LogP contribution in [-0.4, -0.2) is 21.5 Å². The van der Waals surface area contributed by atoms with Crippen molar-refractivity contribution in [3.8, 4) is 0 Å². The average molecular weight is 138 g/mol. The molecule has 1 aliphatic carbocycles. The molecule has 0 atom stereocenters. The van der Waals surface area contributed by atoms with Crippen molar-refractivity contribution < 1.29 is 0 Å². The van der Waals surface area contributed by atoms with Gasteiger partial charge in [0.1, 0.15) is 0 Å². The van der Waals surface area contributed by atoms with Crippen molar-refractivity contribution in [2.24, 2.45) is 0 Å². The molecule has 0 aliphatic heterocycles. The Bertz CT molecular complexity index is 190. The highest BCUT2D eigenvalue weighted by atomic mass is 15.3. The molecule has 1 fully saturated rings. The van der Waals surface area contributed by atoms with Crippen LogP contribution in [-0.2, 0) is 6.54 Å². The number of rotatable bonds is 3. The van der Waals surface area contributed by atoms with Gasteiger partial charge in [0.2, 0.25) is 0 Å². The molecule has 10 heavy (non-hydrogen) atoms. The van der Waals surface area contributed by atoms with Gasteiger partial charge in [0, 0.05) is 12.6 Å². The number of H-pyrrole nitrogens is 1. The molecule has 1 aliphatic rings. The minimum atomic E-state index is 0.747. The predicted molar refractivity (Wildman–Crippen MR) is 36.2 cm³/mol. The first-order valence-corrected chi connectivity index (χ1v) is 3.53. The molecule has 0 amide bonds. The Hall–Kier alpha value is -0.900. The molecule has 1 heterocycles. The number of hydrogen-bond acceptors (Lipinski definition) is 3. The monoisotopic (exact) mass is 138 g/mol. The molecule has 0 bridgehead atoms. The lowest BCUT2D eigenvalue weighted by Gasteiger charge is -1.95. The third-order valence-corrected chi connectivity index (χ3v) is 1.61. The van der Waals surface area contributed by atoms with E-state index in [1.54, 1.807) is 6.20 Å². The molecule has 2 N–H and O–H groups in total. The average Bonchev–Trinajstić information content (AvgIpc) is 2.63. The highest BCUT2D eigenvalue weighted by Crippen LogP contribution is 2.18. The lowest BCUT2D eigenvalue weighted by molar-refractivity contribution is 0.672. The Labute approximate surface area is 59.0 Å². The molecule has 4 heteroatoms. The summed E-state index contributed by atoms with van der Waals surface area (Å²) in [6, 6.07) is 0.747. The number of aromatic amines is 1. The zero-order valence-corrected chi connectivity index (χ0v) is 5.67. The van der Waals surface area contributed by atoms with Gasteiger partial charge in [0.15, 0.2) is 0 Å². The summed E-state index contributed by atoms with van der Waals surface area (Å²) >= 11 is 0. The number of nitrogens with zero attached hydrogens (tertiary/aromatic N) is 2. The summed E-state index contributed by atoms with van der Waals surface area (Å²) in [5.74, 6) is 0. The van der Waals surface area contributed by atoms with E-state index in [1.165, 1.54) is 12.8 Å². The maximum absolute atomic E-state index is 3.92. The summed E-state index contributed by atoms with van der Waals surface area (Å²) in [7, 11) is 0. The summed E-state index contributed by atoms with van der Waals surface area (Å²) in [4.78, 5) is 0. The Kier molecular flexibility index (Phi) is 1.39. The van der Waals surface area contributed by atoms with E-state index < -0.39 is 0 Å². The summed E-state index contributed by atoms with van der Waals surface area (Å²) in [5.41, 5.74) is 0.993. The van der Waals surface area contributed by atoms with Crippen LogP contribution in [0, 0.1) is 0 Å². The summed E-state index contributed by atoms with van der Waals surface area (Å²) in [6.45, 7) is 0.848. The lowest BCUT2D eigenvalue weighted by atomic mass is 10.4. The van der Waals surface area contributed by atoms with Gasteiger partial charge in [0.05, 0.1) is 11.9 Å². The van der Waals surface area contributed by atoms with Gasteiger partial charge < -0.3 is 5.32 Å². The van der Waals surface area contributed by atoms with Gasteiger partial charge in [0.25, 0.3) is 0 Å². The van der Waals surface area contributed by atoms with Crippen molar-refractivity contribution >= 4 is 0 Å². The smallest absolute Gasteiger partial charge is 0.0962 e.